The molecule has 0 unspecified atom stereocenters. The second kappa shape index (κ2) is 6.19. The Labute approximate surface area is 127 Å². The average molecular weight is 295 g/mol. The smallest absolute Gasteiger partial charge is 0.228 e. The van der Waals surface area contributed by atoms with Crippen LogP contribution in [-0.2, 0) is 0 Å². The van der Waals surface area contributed by atoms with Crippen molar-refractivity contribution >= 4 is 40.1 Å². The van der Waals surface area contributed by atoms with Crippen LogP contribution in [0.25, 0.3) is 10.9 Å². The second-order valence-corrected chi connectivity index (χ2v) is 4.93. The fourth-order valence-corrected chi connectivity index (χ4v) is 2.25. The van der Waals surface area contributed by atoms with Gasteiger partial charge in [0.15, 0.2) is 0 Å². The van der Waals surface area contributed by atoms with Gasteiger partial charge in [-0.25, -0.2) is 0 Å². The van der Waals surface area contributed by atoms with Crippen molar-refractivity contribution < 1.29 is 5.10 Å². The SMILES string of the molecule is S=C(N/[NH+]=C/c1c[nH]c2ccccc12)Nc1ccccc1. The van der Waals surface area contributed by atoms with Gasteiger partial charge in [0, 0.05) is 22.8 Å². The number of aromatic amines is 1. The van der Waals surface area contributed by atoms with Gasteiger partial charge in [0.1, 0.15) is 0 Å². The lowest BCUT2D eigenvalue weighted by atomic mass is 10.2. The summed E-state index contributed by atoms with van der Waals surface area (Å²) in [5.41, 5.74) is 6.06. The van der Waals surface area contributed by atoms with Gasteiger partial charge >= 0.3 is 0 Å². The van der Waals surface area contributed by atoms with Gasteiger partial charge in [-0.05, 0) is 30.4 Å². The van der Waals surface area contributed by atoms with E-state index in [0.717, 1.165) is 22.2 Å². The summed E-state index contributed by atoms with van der Waals surface area (Å²) in [4.78, 5) is 3.22. The Bertz CT molecular complexity index is 777. The average Bonchev–Trinajstić information content (AvgIpc) is 2.92. The van der Waals surface area contributed by atoms with Gasteiger partial charge in [0.05, 0.1) is 5.56 Å². The highest BCUT2D eigenvalue weighted by molar-refractivity contribution is 7.80. The molecule has 5 heteroatoms. The molecule has 0 saturated heterocycles. The third-order valence-electron chi connectivity index (χ3n) is 3.07. The molecule has 0 amide bonds. The molecule has 0 aliphatic carbocycles. The fraction of sp³-hybridized carbons (Fsp3) is 0. The lowest BCUT2D eigenvalue weighted by molar-refractivity contribution is -0.499. The number of hydrogen-bond donors (Lipinski definition) is 4. The summed E-state index contributed by atoms with van der Waals surface area (Å²) < 4.78 is 0. The van der Waals surface area contributed by atoms with Crippen LogP contribution in [-0.4, -0.2) is 16.3 Å². The molecule has 0 atom stereocenters. The van der Waals surface area contributed by atoms with Gasteiger partial charge < -0.3 is 10.3 Å². The van der Waals surface area contributed by atoms with E-state index in [9.17, 15) is 0 Å². The van der Waals surface area contributed by atoms with E-state index < -0.39 is 0 Å². The van der Waals surface area contributed by atoms with Crippen LogP contribution in [0.5, 0.6) is 0 Å². The number of fused-ring (bicyclic) bond motifs is 1. The molecule has 104 valence electrons. The summed E-state index contributed by atoms with van der Waals surface area (Å²) in [7, 11) is 0. The van der Waals surface area contributed by atoms with Crippen LogP contribution in [0.2, 0.25) is 0 Å². The lowest BCUT2D eigenvalue weighted by Crippen LogP contribution is -2.82. The Morgan fingerprint density at radius 3 is 2.67 bits per heavy atom. The first-order chi connectivity index (χ1) is 10.3. The summed E-state index contributed by atoms with van der Waals surface area (Å²) in [6.45, 7) is 0. The topological polar surface area (TPSA) is 53.8 Å². The number of anilines is 1. The number of hydrazone groups is 1. The molecular formula is C16H15N4S+. The minimum Gasteiger partial charge on any atom is -0.360 e. The van der Waals surface area contributed by atoms with Gasteiger partial charge in [0.2, 0.25) is 11.3 Å². The first-order valence-electron chi connectivity index (χ1n) is 6.60. The van der Waals surface area contributed by atoms with Crippen molar-refractivity contribution in [3.8, 4) is 0 Å². The maximum absolute atomic E-state index is 5.21. The van der Waals surface area contributed by atoms with Gasteiger partial charge in [-0.3, -0.25) is 0 Å². The number of benzene rings is 2. The summed E-state index contributed by atoms with van der Waals surface area (Å²) >= 11 is 5.21. The minimum absolute atomic E-state index is 0.511. The predicted octanol–water partition coefficient (Wildman–Crippen LogP) is 1.57. The molecular weight excluding hydrogens is 280 g/mol. The molecule has 0 saturated carbocycles. The monoisotopic (exact) mass is 295 g/mol. The van der Waals surface area contributed by atoms with Crippen molar-refractivity contribution in [2.24, 2.45) is 0 Å². The Balaban J connectivity index is 1.63. The first-order valence-corrected chi connectivity index (χ1v) is 7.01. The Morgan fingerprint density at radius 1 is 1.05 bits per heavy atom. The zero-order valence-corrected chi connectivity index (χ0v) is 12.1. The van der Waals surface area contributed by atoms with Gasteiger partial charge in [-0.15, -0.1) is 10.5 Å². The third-order valence-corrected chi connectivity index (χ3v) is 3.27. The van der Waals surface area contributed by atoms with Crippen LogP contribution in [0.1, 0.15) is 5.56 Å². The quantitative estimate of drug-likeness (QED) is 0.337. The van der Waals surface area contributed by atoms with Crippen molar-refractivity contribution in [2.45, 2.75) is 0 Å². The number of rotatable bonds is 3. The number of thiocarbonyl (C=S) groups is 1. The molecule has 0 spiro atoms. The summed E-state index contributed by atoms with van der Waals surface area (Å²) in [6.07, 6.45) is 3.82. The number of nitrogens with one attached hydrogen (secondary N) is 4. The molecule has 4 N–H and O–H groups in total. The Hall–Kier alpha value is -2.66. The molecule has 2 aromatic carbocycles. The largest absolute Gasteiger partial charge is 0.360 e. The molecule has 1 aromatic heterocycles. The Kier molecular flexibility index (Phi) is 3.93. The number of H-pyrrole nitrogens is 1. The highest BCUT2D eigenvalue weighted by Gasteiger charge is 2.03. The second-order valence-electron chi connectivity index (χ2n) is 4.52. The molecule has 0 radical (unpaired) electrons. The molecule has 0 aliphatic rings. The minimum atomic E-state index is 0.511. The van der Waals surface area contributed by atoms with Gasteiger partial charge in [0.25, 0.3) is 0 Å². The Morgan fingerprint density at radius 2 is 1.81 bits per heavy atom. The van der Waals surface area contributed by atoms with Crippen molar-refractivity contribution in [1.29, 1.82) is 0 Å². The highest BCUT2D eigenvalue weighted by atomic mass is 32.1. The highest BCUT2D eigenvalue weighted by Crippen LogP contribution is 2.14. The standard InChI is InChI=1S/C16H14N4S/c21-16(19-13-6-2-1-3-7-13)20-18-11-12-10-17-15-9-5-4-8-14(12)15/h1-11,17H,(H2,19,20,21)/p+1/b18-11+. The number of hydrogen-bond acceptors (Lipinski definition) is 1. The van der Waals surface area contributed by atoms with E-state index in [2.05, 4.69) is 26.9 Å². The number of para-hydroxylation sites is 2. The van der Waals surface area contributed by atoms with Crippen LogP contribution >= 0.6 is 12.2 Å². The van der Waals surface area contributed by atoms with E-state index in [1.54, 1.807) is 0 Å². The maximum Gasteiger partial charge on any atom is 0.228 e. The van der Waals surface area contributed by atoms with E-state index in [-0.39, 0.29) is 0 Å². The van der Waals surface area contributed by atoms with Crippen molar-refractivity contribution in [1.82, 2.24) is 10.4 Å². The summed E-state index contributed by atoms with van der Waals surface area (Å²) in [5, 5.41) is 7.76. The molecule has 3 rings (SSSR count). The zero-order chi connectivity index (χ0) is 14.5. The molecule has 0 fully saturated rings. The third kappa shape index (κ3) is 3.27. The van der Waals surface area contributed by atoms with E-state index in [4.69, 9.17) is 12.2 Å². The molecule has 4 nitrogen and oxygen atoms in total. The van der Waals surface area contributed by atoms with E-state index >= 15 is 0 Å². The molecule has 0 bridgehead atoms. The van der Waals surface area contributed by atoms with E-state index in [1.165, 1.54) is 0 Å². The van der Waals surface area contributed by atoms with Crippen LogP contribution in [0.15, 0.2) is 60.8 Å². The maximum atomic E-state index is 5.21. The molecule has 1 heterocycles. The molecule has 0 aliphatic heterocycles. The molecule has 3 aromatic rings. The zero-order valence-electron chi connectivity index (χ0n) is 11.3. The number of aromatic nitrogens is 1. The van der Waals surface area contributed by atoms with Gasteiger partial charge in [-0.1, -0.05) is 36.4 Å². The predicted molar refractivity (Wildman–Crippen MR) is 90.2 cm³/mol. The van der Waals surface area contributed by atoms with Crippen LogP contribution in [0, 0.1) is 0 Å². The van der Waals surface area contributed by atoms with Crippen molar-refractivity contribution in [3.05, 3.63) is 66.4 Å². The number of hydrazine groups is 1. The van der Waals surface area contributed by atoms with E-state index in [0.29, 0.717) is 5.11 Å². The first kappa shape index (κ1) is 13.3. The van der Waals surface area contributed by atoms with Crippen molar-refractivity contribution in [3.63, 3.8) is 0 Å². The van der Waals surface area contributed by atoms with E-state index in [1.807, 2.05) is 60.9 Å². The van der Waals surface area contributed by atoms with Gasteiger partial charge in [-0.2, -0.15) is 0 Å². The summed E-state index contributed by atoms with van der Waals surface area (Å²) in [5.74, 6) is 0. The van der Waals surface area contributed by atoms with Crippen LogP contribution in [0.4, 0.5) is 5.69 Å². The fourth-order valence-electron chi connectivity index (χ4n) is 2.08. The van der Waals surface area contributed by atoms with Crippen molar-refractivity contribution in [2.75, 3.05) is 5.32 Å². The summed E-state index contributed by atoms with van der Waals surface area (Å²) in [6, 6.07) is 17.9. The normalized spacial score (nSPS) is 10.9. The molecule has 21 heavy (non-hydrogen) atoms. The van der Waals surface area contributed by atoms with Crippen LogP contribution < -0.4 is 15.8 Å². The lowest BCUT2D eigenvalue weighted by Gasteiger charge is -2.03. The van der Waals surface area contributed by atoms with Crippen LogP contribution in [0.3, 0.4) is 0 Å².